The molecule has 3 aliphatic heterocycles. The lowest BCUT2D eigenvalue weighted by Crippen LogP contribution is -2.59. The first-order valence-corrected chi connectivity index (χ1v) is 11.4. The molecule has 3 fully saturated rings. The second-order valence-corrected chi connectivity index (χ2v) is 10.7. The van der Waals surface area contributed by atoms with E-state index < -0.39 is 0 Å². The summed E-state index contributed by atoms with van der Waals surface area (Å²) >= 11 is 4.13. The predicted octanol–water partition coefficient (Wildman–Crippen LogP) is 4.40. The smallest absolute Gasteiger partial charge is 0.140 e. The van der Waals surface area contributed by atoms with Crippen molar-refractivity contribution in [2.45, 2.75) is 48.6 Å². The molecular formula is C20H25NOS2. The fourth-order valence-electron chi connectivity index (χ4n) is 5.30. The van der Waals surface area contributed by atoms with Crippen molar-refractivity contribution in [3.63, 3.8) is 0 Å². The summed E-state index contributed by atoms with van der Waals surface area (Å²) in [4.78, 5) is 15.6. The van der Waals surface area contributed by atoms with Gasteiger partial charge in [-0.3, -0.25) is 4.79 Å². The highest BCUT2D eigenvalue weighted by molar-refractivity contribution is 8.19. The van der Waals surface area contributed by atoms with Crippen molar-refractivity contribution in [1.82, 2.24) is 4.90 Å². The lowest BCUT2D eigenvalue weighted by atomic mass is 9.73. The Morgan fingerprint density at radius 3 is 2.92 bits per heavy atom. The number of nitrogens with zero attached hydrogens (tertiary/aromatic N) is 1. The minimum Gasteiger partial charge on any atom is -0.368 e. The average Bonchev–Trinajstić information content (AvgIpc) is 2.62. The number of ketones is 1. The molecule has 2 nitrogen and oxygen atoms in total. The molecular weight excluding hydrogens is 334 g/mol. The zero-order valence-electron chi connectivity index (χ0n) is 14.1. The molecule has 5 rings (SSSR count). The molecule has 3 atom stereocenters. The van der Waals surface area contributed by atoms with E-state index in [0.29, 0.717) is 17.7 Å². The lowest BCUT2D eigenvalue weighted by Gasteiger charge is -2.56. The number of fused-ring (bicyclic) bond motifs is 6. The molecule has 5 aliphatic rings. The van der Waals surface area contributed by atoms with Crippen molar-refractivity contribution in [1.29, 1.82) is 0 Å². The number of hydrogen-bond donors (Lipinski definition) is 0. The van der Waals surface area contributed by atoms with Crippen LogP contribution in [0, 0.1) is 11.8 Å². The van der Waals surface area contributed by atoms with Crippen molar-refractivity contribution in [2.24, 2.45) is 11.8 Å². The molecule has 0 N–H and O–H groups in total. The third-order valence-corrected chi connectivity index (χ3v) is 9.71. The third-order valence-electron chi connectivity index (χ3n) is 6.37. The summed E-state index contributed by atoms with van der Waals surface area (Å²) in [5.41, 5.74) is 3.03. The number of rotatable bonds is 0. The van der Waals surface area contributed by atoms with E-state index in [4.69, 9.17) is 0 Å². The Labute approximate surface area is 153 Å². The Hall–Kier alpha value is -0.610. The van der Waals surface area contributed by atoms with Crippen LogP contribution >= 0.6 is 23.5 Å². The summed E-state index contributed by atoms with van der Waals surface area (Å²) in [5.74, 6) is 3.85. The van der Waals surface area contributed by atoms with E-state index in [2.05, 4.69) is 52.7 Å². The molecule has 2 aliphatic carbocycles. The fourth-order valence-corrected chi connectivity index (χ4v) is 8.85. The van der Waals surface area contributed by atoms with Gasteiger partial charge < -0.3 is 4.90 Å². The zero-order valence-corrected chi connectivity index (χ0v) is 15.7. The Morgan fingerprint density at radius 2 is 2.04 bits per heavy atom. The van der Waals surface area contributed by atoms with Gasteiger partial charge in [0.05, 0.1) is 10.00 Å². The maximum Gasteiger partial charge on any atom is 0.140 e. The quantitative estimate of drug-likeness (QED) is 0.639. The summed E-state index contributed by atoms with van der Waals surface area (Å²) in [5, 5.41) is 0. The number of allylic oxidation sites excluding steroid dienone is 4. The van der Waals surface area contributed by atoms with Gasteiger partial charge in [0, 0.05) is 24.7 Å². The summed E-state index contributed by atoms with van der Waals surface area (Å²) in [7, 11) is 0. The number of carbonyl (C=O) groups is 1. The van der Waals surface area contributed by atoms with Crippen LogP contribution in [0.3, 0.4) is 0 Å². The molecule has 0 amide bonds. The topological polar surface area (TPSA) is 20.3 Å². The number of hydrogen-bond acceptors (Lipinski definition) is 4. The van der Waals surface area contributed by atoms with E-state index in [1.165, 1.54) is 42.9 Å². The lowest BCUT2D eigenvalue weighted by molar-refractivity contribution is -0.127. The minimum absolute atomic E-state index is 0.0101. The molecule has 0 radical (unpaired) electrons. The number of carbonyl (C=O) groups excluding carboxylic acids is 1. The highest BCUT2D eigenvalue weighted by Gasteiger charge is 2.55. The van der Waals surface area contributed by atoms with Gasteiger partial charge in [-0.2, -0.15) is 0 Å². The molecule has 4 heteroatoms. The molecule has 24 heavy (non-hydrogen) atoms. The van der Waals surface area contributed by atoms with Gasteiger partial charge in [-0.05, 0) is 61.2 Å². The second kappa shape index (κ2) is 5.98. The van der Waals surface area contributed by atoms with Gasteiger partial charge in [-0.15, -0.1) is 23.5 Å². The summed E-state index contributed by atoms with van der Waals surface area (Å²) in [6, 6.07) is 0.442. The highest BCUT2D eigenvalue weighted by atomic mass is 32.2. The first kappa shape index (κ1) is 15.6. The molecule has 3 unspecified atom stereocenters. The Kier molecular flexibility index (Phi) is 3.89. The standard InChI is InChI=1S/C20H25NOS2/c22-18-8-3-7-16-19(18)20(23-11-4-12-24-20)13-17-15-6-2-1-5-14(15)9-10-21(16)17/h1-2,6,13-14,16,19H,3-5,7-12H2. The molecule has 0 aromatic heterocycles. The van der Waals surface area contributed by atoms with Crippen LogP contribution in [0.15, 0.2) is 35.6 Å². The maximum absolute atomic E-state index is 13.0. The molecule has 0 aromatic carbocycles. The summed E-state index contributed by atoms with van der Waals surface area (Å²) < 4.78 is 0.0101. The first-order valence-electron chi connectivity index (χ1n) is 9.46. The predicted molar refractivity (Wildman–Crippen MR) is 103 cm³/mol. The molecule has 2 saturated heterocycles. The zero-order chi connectivity index (χ0) is 16.1. The molecule has 1 saturated carbocycles. The number of Topliss-reactive ketones (excluding diaryl/α,β-unsaturated/α-hetero) is 1. The molecule has 0 bridgehead atoms. The Morgan fingerprint density at radius 1 is 1.17 bits per heavy atom. The Bertz CT molecular complexity index is 644. The second-order valence-electron chi connectivity index (χ2n) is 7.67. The van der Waals surface area contributed by atoms with Crippen molar-refractivity contribution < 1.29 is 4.79 Å². The van der Waals surface area contributed by atoms with E-state index in [1.54, 1.807) is 5.57 Å². The van der Waals surface area contributed by atoms with Gasteiger partial charge in [0.25, 0.3) is 0 Å². The Balaban J connectivity index is 1.64. The van der Waals surface area contributed by atoms with E-state index in [1.807, 2.05) is 0 Å². The van der Waals surface area contributed by atoms with Crippen LogP contribution in [0.25, 0.3) is 0 Å². The van der Waals surface area contributed by atoms with Gasteiger partial charge in [0.2, 0.25) is 0 Å². The normalized spacial score (nSPS) is 37.2. The van der Waals surface area contributed by atoms with Crippen LogP contribution in [0.5, 0.6) is 0 Å². The molecule has 1 spiro atoms. The third kappa shape index (κ3) is 2.28. The van der Waals surface area contributed by atoms with E-state index in [0.717, 1.165) is 19.4 Å². The first-order chi connectivity index (χ1) is 11.8. The van der Waals surface area contributed by atoms with Crippen LogP contribution in [0.4, 0.5) is 0 Å². The number of thioether (sulfide) groups is 2. The summed E-state index contributed by atoms with van der Waals surface area (Å²) in [6.07, 6.45) is 16.2. The van der Waals surface area contributed by atoms with Gasteiger partial charge in [-0.25, -0.2) is 0 Å². The van der Waals surface area contributed by atoms with E-state index in [-0.39, 0.29) is 10.00 Å². The summed E-state index contributed by atoms with van der Waals surface area (Å²) in [6.45, 7) is 1.14. The highest BCUT2D eigenvalue weighted by Crippen LogP contribution is 2.57. The largest absolute Gasteiger partial charge is 0.368 e. The van der Waals surface area contributed by atoms with E-state index in [9.17, 15) is 4.79 Å². The van der Waals surface area contributed by atoms with Crippen molar-refractivity contribution in [3.05, 3.63) is 35.6 Å². The maximum atomic E-state index is 13.0. The van der Waals surface area contributed by atoms with Crippen LogP contribution < -0.4 is 0 Å². The van der Waals surface area contributed by atoms with E-state index >= 15 is 0 Å². The van der Waals surface area contributed by atoms with Gasteiger partial charge >= 0.3 is 0 Å². The van der Waals surface area contributed by atoms with Crippen LogP contribution in [0.2, 0.25) is 0 Å². The molecule has 3 heterocycles. The van der Waals surface area contributed by atoms with Crippen LogP contribution in [0.1, 0.15) is 38.5 Å². The van der Waals surface area contributed by atoms with Crippen LogP contribution in [-0.4, -0.2) is 38.9 Å². The molecule has 128 valence electrons. The molecule has 0 aromatic rings. The van der Waals surface area contributed by atoms with Crippen molar-refractivity contribution in [3.8, 4) is 0 Å². The SMILES string of the molecule is O=C1CCCC2C1C1(C=C3C4=CC=CCC4CCN32)SCCCS1. The van der Waals surface area contributed by atoms with Gasteiger partial charge in [-0.1, -0.05) is 18.2 Å². The minimum atomic E-state index is 0.0101. The van der Waals surface area contributed by atoms with Crippen molar-refractivity contribution in [2.75, 3.05) is 18.1 Å². The average molecular weight is 360 g/mol. The van der Waals surface area contributed by atoms with Crippen molar-refractivity contribution >= 4 is 29.3 Å². The van der Waals surface area contributed by atoms with Gasteiger partial charge in [0.15, 0.2) is 0 Å². The monoisotopic (exact) mass is 359 g/mol. The number of piperidine rings is 1. The van der Waals surface area contributed by atoms with Gasteiger partial charge in [0.1, 0.15) is 5.78 Å². The van der Waals surface area contributed by atoms with Crippen LogP contribution in [-0.2, 0) is 4.79 Å². The fraction of sp³-hybridized carbons (Fsp3) is 0.650.